The van der Waals surface area contributed by atoms with Gasteiger partial charge in [0.2, 0.25) is 11.8 Å². The molecule has 202 valence electrons. The Labute approximate surface area is 223 Å². The molecule has 2 heterocycles. The molecule has 9 nitrogen and oxygen atoms in total. The average molecular weight is 529 g/mol. The maximum absolute atomic E-state index is 13.9. The summed E-state index contributed by atoms with van der Waals surface area (Å²) in [6, 6.07) is -1.39. The van der Waals surface area contributed by atoms with Crippen LogP contribution < -0.4 is 21.7 Å². The van der Waals surface area contributed by atoms with Gasteiger partial charge >= 0.3 is 0 Å². The van der Waals surface area contributed by atoms with Crippen LogP contribution in [0.4, 0.5) is 10.1 Å². The van der Waals surface area contributed by atoms with Gasteiger partial charge in [-0.1, -0.05) is 61.0 Å². The minimum absolute atomic E-state index is 0.101. The van der Waals surface area contributed by atoms with Gasteiger partial charge in [0.15, 0.2) is 5.13 Å². The molecule has 2 fully saturated rings. The number of aliphatic hydroxyl groups is 1. The number of carbonyl (C=O) groups excluding carboxylic acids is 2. The highest BCUT2D eigenvalue weighted by atomic mass is 32.1. The SMILES string of the molecule is CN[C@@H](C)C(=O)NC(C(=O)N1CCCC1C(O)Nc1sc(N)nc1C1=CC=CCC=C1)C1CCCCC1. The number of rotatable bonds is 9. The monoisotopic (exact) mass is 528 g/mol. The zero-order valence-corrected chi connectivity index (χ0v) is 22.6. The smallest absolute Gasteiger partial charge is 0.245 e. The van der Waals surface area contributed by atoms with E-state index >= 15 is 0 Å². The number of nitrogen functional groups attached to an aromatic ring is 1. The van der Waals surface area contributed by atoms with Crippen LogP contribution in [0.1, 0.15) is 64.0 Å². The Bertz CT molecular complexity index is 1040. The average Bonchev–Trinajstić information content (AvgIpc) is 3.44. The summed E-state index contributed by atoms with van der Waals surface area (Å²) < 4.78 is 0. The Morgan fingerprint density at radius 1 is 1.19 bits per heavy atom. The van der Waals surface area contributed by atoms with Crippen LogP contribution in [0.2, 0.25) is 0 Å². The second kappa shape index (κ2) is 12.7. The van der Waals surface area contributed by atoms with Crippen LogP contribution in [0.25, 0.3) is 5.57 Å². The van der Waals surface area contributed by atoms with Crippen LogP contribution in [0.3, 0.4) is 0 Å². The Morgan fingerprint density at radius 2 is 1.97 bits per heavy atom. The number of likely N-dealkylation sites (N-methyl/N-ethyl adjacent to an activating group) is 1. The third-order valence-electron chi connectivity index (χ3n) is 7.64. The van der Waals surface area contributed by atoms with Crippen LogP contribution in [0.5, 0.6) is 0 Å². The van der Waals surface area contributed by atoms with E-state index in [1.165, 1.54) is 11.3 Å². The number of amides is 2. The zero-order chi connectivity index (χ0) is 26.4. The summed E-state index contributed by atoms with van der Waals surface area (Å²) in [6.07, 6.45) is 16.5. The first-order valence-corrected chi connectivity index (χ1v) is 14.2. The molecule has 37 heavy (non-hydrogen) atoms. The van der Waals surface area contributed by atoms with Crippen molar-refractivity contribution in [1.82, 2.24) is 20.5 Å². The predicted molar refractivity (Wildman–Crippen MR) is 149 cm³/mol. The van der Waals surface area contributed by atoms with Gasteiger partial charge in [-0.2, -0.15) is 0 Å². The Hall–Kier alpha value is -2.69. The summed E-state index contributed by atoms with van der Waals surface area (Å²) in [5.41, 5.74) is 7.64. The van der Waals surface area contributed by atoms with Crippen LogP contribution >= 0.6 is 11.3 Å². The first kappa shape index (κ1) is 27.3. The third-order valence-corrected chi connectivity index (χ3v) is 8.45. The van der Waals surface area contributed by atoms with E-state index in [9.17, 15) is 14.7 Å². The molecule has 6 N–H and O–H groups in total. The van der Waals surface area contributed by atoms with E-state index in [0.29, 0.717) is 28.8 Å². The molecule has 0 radical (unpaired) electrons. The van der Waals surface area contributed by atoms with Gasteiger partial charge in [0.25, 0.3) is 0 Å². The summed E-state index contributed by atoms with van der Waals surface area (Å²) >= 11 is 1.28. The van der Waals surface area contributed by atoms with Gasteiger partial charge < -0.3 is 31.7 Å². The number of aliphatic hydroxyl groups excluding tert-OH is 1. The predicted octanol–water partition coefficient (Wildman–Crippen LogP) is 3.02. The maximum atomic E-state index is 13.9. The number of thiazole rings is 1. The number of nitrogens with zero attached hydrogens (tertiary/aromatic N) is 2. The molecule has 0 bridgehead atoms. The van der Waals surface area contributed by atoms with E-state index in [4.69, 9.17) is 5.73 Å². The molecule has 0 spiro atoms. The van der Waals surface area contributed by atoms with Crippen molar-refractivity contribution in [1.29, 1.82) is 0 Å². The van der Waals surface area contributed by atoms with E-state index < -0.39 is 24.4 Å². The molecule has 10 heteroatoms. The Morgan fingerprint density at radius 3 is 2.73 bits per heavy atom. The molecule has 1 saturated heterocycles. The lowest BCUT2D eigenvalue weighted by Crippen LogP contribution is -2.58. The fraction of sp³-hybridized carbons (Fsp3) is 0.593. The van der Waals surface area contributed by atoms with Crippen molar-refractivity contribution in [3.05, 3.63) is 36.1 Å². The molecule has 0 aromatic carbocycles. The largest absolute Gasteiger partial charge is 0.375 e. The van der Waals surface area contributed by atoms with Crippen molar-refractivity contribution in [3.8, 4) is 0 Å². The summed E-state index contributed by atoms with van der Waals surface area (Å²) in [6.45, 7) is 2.34. The van der Waals surface area contributed by atoms with Crippen molar-refractivity contribution in [3.63, 3.8) is 0 Å². The number of hydrogen-bond acceptors (Lipinski definition) is 8. The number of anilines is 2. The van der Waals surface area contributed by atoms with Gasteiger partial charge in [-0.3, -0.25) is 9.59 Å². The number of hydrogen-bond donors (Lipinski definition) is 5. The summed E-state index contributed by atoms with van der Waals surface area (Å²) in [5.74, 6) is -0.171. The first-order chi connectivity index (χ1) is 17.9. The second-order valence-corrected chi connectivity index (χ2v) is 11.2. The molecule has 2 amide bonds. The van der Waals surface area contributed by atoms with Gasteiger partial charge in [0.1, 0.15) is 23.0 Å². The van der Waals surface area contributed by atoms with Gasteiger partial charge in [-0.05, 0) is 52.0 Å². The molecule has 4 rings (SSSR count). The quantitative estimate of drug-likeness (QED) is 0.311. The highest BCUT2D eigenvalue weighted by molar-refractivity contribution is 7.19. The molecule has 3 unspecified atom stereocenters. The lowest BCUT2D eigenvalue weighted by Gasteiger charge is -2.36. The topological polar surface area (TPSA) is 133 Å². The van der Waals surface area contributed by atoms with E-state index in [0.717, 1.165) is 50.5 Å². The number of carbonyl (C=O) groups is 2. The van der Waals surface area contributed by atoms with Gasteiger partial charge in [0, 0.05) is 12.1 Å². The van der Waals surface area contributed by atoms with Crippen molar-refractivity contribution in [2.75, 3.05) is 24.6 Å². The van der Waals surface area contributed by atoms with E-state index in [2.05, 4.69) is 33.1 Å². The molecule has 1 aromatic rings. The zero-order valence-electron chi connectivity index (χ0n) is 21.8. The number of aromatic nitrogens is 1. The molecular formula is C27H40N6O3S. The van der Waals surface area contributed by atoms with Crippen LogP contribution in [-0.2, 0) is 9.59 Å². The molecular weight excluding hydrogens is 488 g/mol. The van der Waals surface area contributed by atoms with E-state index in [-0.39, 0.29) is 17.7 Å². The van der Waals surface area contributed by atoms with Crippen LogP contribution in [0.15, 0.2) is 30.4 Å². The fourth-order valence-corrected chi connectivity index (χ4v) is 6.21. The maximum Gasteiger partial charge on any atom is 0.245 e. The Balaban J connectivity index is 1.51. The third kappa shape index (κ3) is 6.61. The van der Waals surface area contributed by atoms with Gasteiger partial charge in [-0.15, -0.1) is 0 Å². The van der Waals surface area contributed by atoms with Gasteiger partial charge in [0.05, 0.1) is 12.1 Å². The molecule has 1 aliphatic heterocycles. The fourth-order valence-electron chi connectivity index (χ4n) is 5.43. The lowest BCUT2D eigenvalue weighted by atomic mass is 9.83. The van der Waals surface area contributed by atoms with Crippen LogP contribution in [-0.4, -0.2) is 64.8 Å². The van der Waals surface area contributed by atoms with Crippen LogP contribution in [0, 0.1) is 5.92 Å². The minimum Gasteiger partial charge on any atom is -0.375 e. The Kier molecular flexibility index (Phi) is 9.39. The summed E-state index contributed by atoms with van der Waals surface area (Å²) in [4.78, 5) is 32.9. The van der Waals surface area contributed by atoms with Gasteiger partial charge in [-0.25, -0.2) is 4.98 Å². The number of nitrogens with two attached hydrogens (primary N) is 1. The highest BCUT2D eigenvalue weighted by Gasteiger charge is 2.41. The minimum atomic E-state index is -0.991. The molecule has 1 aromatic heterocycles. The molecule has 2 aliphatic carbocycles. The lowest BCUT2D eigenvalue weighted by molar-refractivity contribution is -0.141. The number of allylic oxidation sites excluding steroid dienone is 6. The number of nitrogens with one attached hydrogen (secondary N) is 3. The van der Waals surface area contributed by atoms with Crippen molar-refractivity contribution in [2.45, 2.75) is 82.6 Å². The normalized spacial score (nSPS) is 22.7. The summed E-state index contributed by atoms with van der Waals surface area (Å²) in [5, 5.41) is 21.6. The second-order valence-electron chi connectivity index (χ2n) is 10.1. The molecule has 1 saturated carbocycles. The summed E-state index contributed by atoms with van der Waals surface area (Å²) in [7, 11) is 1.73. The number of likely N-dealkylation sites (tertiary alicyclic amines) is 1. The standard InChI is InChI=1S/C27H40N6O3S/c1-17(29-2)23(34)30-22(19-13-8-5-9-14-19)26(36)33-16-10-15-20(33)24(35)32-25-21(31-27(28)37-25)18-11-6-3-4-7-12-18/h3,6-7,11-12,17,19-20,22,24,29,32,35H,4-5,8-10,13-16H2,1-2H3,(H2,28,31)(H,30,34)/t17-,20?,22?,24?/m0/s1. The highest BCUT2D eigenvalue weighted by Crippen LogP contribution is 2.35. The molecule has 3 aliphatic rings. The van der Waals surface area contributed by atoms with E-state index in [1.807, 2.05) is 18.2 Å². The van der Waals surface area contributed by atoms with E-state index in [1.54, 1.807) is 18.9 Å². The molecule has 4 atom stereocenters. The first-order valence-electron chi connectivity index (χ1n) is 13.4. The van der Waals surface area contributed by atoms with Crippen molar-refractivity contribution < 1.29 is 14.7 Å². The van der Waals surface area contributed by atoms with Crippen molar-refractivity contribution >= 4 is 38.9 Å². The van der Waals surface area contributed by atoms with Crippen molar-refractivity contribution in [2.24, 2.45) is 5.92 Å².